The lowest BCUT2D eigenvalue weighted by Gasteiger charge is -2.34. The van der Waals surface area contributed by atoms with Gasteiger partial charge in [-0.2, -0.15) is 0 Å². The Labute approximate surface area is 278 Å². The highest BCUT2D eigenvalue weighted by Gasteiger charge is 2.35. The van der Waals surface area contributed by atoms with Crippen LogP contribution in [-0.2, 0) is 32.6 Å². The molecule has 0 heterocycles. The van der Waals surface area contributed by atoms with Crippen LogP contribution < -0.4 is 14.4 Å². The predicted octanol–water partition coefficient (Wildman–Crippen LogP) is 6.47. The molecule has 4 aromatic rings. The molecule has 1 unspecified atom stereocenters. The lowest BCUT2D eigenvalue weighted by atomic mass is 10.0. The van der Waals surface area contributed by atoms with E-state index in [9.17, 15) is 18.0 Å². The Balaban J connectivity index is 1.83. The minimum Gasteiger partial charge on any atom is -0.495 e. The van der Waals surface area contributed by atoms with Crippen molar-refractivity contribution in [1.29, 1.82) is 0 Å². The lowest BCUT2D eigenvalue weighted by molar-refractivity contribution is -0.140. The largest absolute Gasteiger partial charge is 0.495 e. The Kier molecular flexibility index (Phi) is 12.0. The van der Waals surface area contributed by atoms with Crippen molar-refractivity contribution in [2.45, 2.75) is 37.2 Å². The Bertz CT molecular complexity index is 1690. The summed E-state index contributed by atoms with van der Waals surface area (Å²) >= 11 is 9.78. The van der Waals surface area contributed by atoms with Crippen molar-refractivity contribution in [3.05, 3.63) is 124 Å². The van der Waals surface area contributed by atoms with Crippen molar-refractivity contribution in [3.8, 4) is 5.75 Å². The van der Waals surface area contributed by atoms with Crippen LogP contribution in [-0.4, -0.2) is 51.4 Å². The van der Waals surface area contributed by atoms with E-state index in [-0.39, 0.29) is 40.2 Å². The number of sulfonamides is 1. The van der Waals surface area contributed by atoms with Gasteiger partial charge < -0.3 is 15.0 Å². The number of anilines is 1. The number of nitrogens with zero attached hydrogens (tertiary/aromatic N) is 2. The molecule has 45 heavy (non-hydrogen) atoms. The number of hydrogen-bond donors (Lipinski definition) is 1. The Morgan fingerprint density at radius 3 is 2.18 bits per heavy atom. The average molecular weight is 713 g/mol. The number of hydrogen-bond acceptors (Lipinski definition) is 5. The second kappa shape index (κ2) is 15.9. The van der Waals surface area contributed by atoms with Crippen LogP contribution in [0.4, 0.5) is 5.69 Å². The first kappa shape index (κ1) is 34.0. The third-order valence-corrected chi connectivity index (χ3v) is 9.64. The van der Waals surface area contributed by atoms with Gasteiger partial charge in [0.2, 0.25) is 11.8 Å². The Morgan fingerprint density at radius 2 is 1.56 bits per heavy atom. The van der Waals surface area contributed by atoms with Crippen LogP contribution in [0.5, 0.6) is 5.75 Å². The molecule has 11 heteroatoms. The van der Waals surface area contributed by atoms with E-state index in [1.54, 1.807) is 30.3 Å². The molecule has 8 nitrogen and oxygen atoms in total. The number of carbonyl (C=O) groups excluding carboxylic acids is 2. The summed E-state index contributed by atoms with van der Waals surface area (Å²) < 4.78 is 35.7. The SMILES string of the molecule is CCCNC(=O)C(Cc1ccccc1)N(Cc1ccc(Br)cc1)C(=O)CN(c1cc(Cl)ccc1OC)S(=O)(=O)c1ccccc1. The second-order valence-corrected chi connectivity index (χ2v) is 13.5. The minimum absolute atomic E-state index is 0.0131. The molecule has 4 aromatic carbocycles. The van der Waals surface area contributed by atoms with Crippen LogP contribution in [0.1, 0.15) is 24.5 Å². The van der Waals surface area contributed by atoms with Gasteiger partial charge in [0.15, 0.2) is 0 Å². The van der Waals surface area contributed by atoms with Gasteiger partial charge in [-0.15, -0.1) is 0 Å². The molecule has 0 aliphatic heterocycles. The number of carbonyl (C=O) groups is 2. The van der Waals surface area contributed by atoms with Crippen molar-refractivity contribution >= 4 is 55.1 Å². The van der Waals surface area contributed by atoms with Gasteiger partial charge in [-0.05, 0) is 60.0 Å². The van der Waals surface area contributed by atoms with E-state index in [1.165, 1.54) is 30.2 Å². The van der Waals surface area contributed by atoms with Gasteiger partial charge in [0.25, 0.3) is 10.0 Å². The molecule has 0 saturated heterocycles. The van der Waals surface area contributed by atoms with Crippen molar-refractivity contribution in [2.75, 3.05) is 24.5 Å². The predicted molar refractivity (Wildman–Crippen MR) is 181 cm³/mol. The highest BCUT2D eigenvalue weighted by Crippen LogP contribution is 2.35. The maximum absolute atomic E-state index is 14.5. The van der Waals surface area contributed by atoms with E-state index in [4.69, 9.17) is 16.3 Å². The van der Waals surface area contributed by atoms with Crippen LogP contribution >= 0.6 is 27.5 Å². The van der Waals surface area contributed by atoms with E-state index in [0.717, 1.165) is 19.9 Å². The lowest BCUT2D eigenvalue weighted by Crippen LogP contribution is -2.53. The van der Waals surface area contributed by atoms with Gasteiger partial charge >= 0.3 is 0 Å². The summed E-state index contributed by atoms with van der Waals surface area (Å²) in [5.41, 5.74) is 1.72. The van der Waals surface area contributed by atoms with Crippen LogP contribution in [0, 0.1) is 0 Å². The zero-order valence-electron chi connectivity index (χ0n) is 25.0. The number of rotatable bonds is 14. The molecule has 2 amide bonds. The summed E-state index contributed by atoms with van der Waals surface area (Å²) in [5.74, 6) is -0.691. The molecule has 0 spiro atoms. The van der Waals surface area contributed by atoms with Gasteiger partial charge in [0.1, 0.15) is 18.3 Å². The van der Waals surface area contributed by atoms with E-state index >= 15 is 0 Å². The maximum atomic E-state index is 14.5. The quantitative estimate of drug-likeness (QED) is 0.162. The highest BCUT2D eigenvalue weighted by molar-refractivity contribution is 9.10. The zero-order chi connectivity index (χ0) is 32.4. The maximum Gasteiger partial charge on any atom is 0.264 e. The highest BCUT2D eigenvalue weighted by atomic mass is 79.9. The minimum atomic E-state index is -4.29. The molecular weight excluding hydrogens is 678 g/mol. The fraction of sp³-hybridized carbons (Fsp3) is 0.235. The number of nitrogens with one attached hydrogen (secondary N) is 1. The van der Waals surface area contributed by atoms with Gasteiger partial charge in [0, 0.05) is 29.0 Å². The third-order valence-electron chi connectivity index (χ3n) is 7.11. The molecule has 0 radical (unpaired) electrons. The van der Waals surface area contributed by atoms with E-state index in [1.807, 2.05) is 61.5 Å². The molecule has 0 aliphatic carbocycles. The Hall–Kier alpha value is -3.86. The summed E-state index contributed by atoms with van der Waals surface area (Å²) in [6.07, 6.45) is 0.937. The molecule has 1 atom stereocenters. The number of methoxy groups -OCH3 is 1. The van der Waals surface area contributed by atoms with Gasteiger partial charge in [-0.3, -0.25) is 13.9 Å². The van der Waals surface area contributed by atoms with Crippen LogP contribution in [0.2, 0.25) is 5.02 Å². The number of amides is 2. The topological polar surface area (TPSA) is 96.0 Å². The smallest absolute Gasteiger partial charge is 0.264 e. The summed E-state index contributed by atoms with van der Waals surface area (Å²) in [6, 6.07) is 28.3. The summed E-state index contributed by atoms with van der Waals surface area (Å²) in [6.45, 7) is 1.83. The fourth-order valence-corrected chi connectivity index (χ4v) is 6.67. The monoisotopic (exact) mass is 711 g/mol. The van der Waals surface area contributed by atoms with Crippen LogP contribution in [0.15, 0.2) is 112 Å². The molecule has 1 N–H and O–H groups in total. The molecule has 0 aromatic heterocycles. The first-order valence-corrected chi connectivity index (χ1v) is 17.0. The van der Waals surface area contributed by atoms with Crippen molar-refractivity contribution in [1.82, 2.24) is 10.2 Å². The first-order chi connectivity index (χ1) is 21.6. The van der Waals surface area contributed by atoms with Crippen molar-refractivity contribution < 1.29 is 22.7 Å². The van der Waals surface area contributed by atoms with Gasteiger partial charge in [-0.1, -0.05) is 95.1 Å². The van der Waals surface area contributed by atoms with Crippen LogP contribution in [0.3, 0.4) is 0 Å². The summed E-state index contributed by atoms with van der Waals surface area (Å²) in [5, 5.41) is 3.20. The van der Waals surface area contributed by atoms with Crippen molar-refractivity contribution in [2.24, 2.45) is 0 Å². The fourth-order valence-electron chi connectivity index (χ4n) is 4.80. The molecule has 0 fully saturated rings. The Morgan fingerprint density at radius 1 is 0.911 bits per heavy atom. The third kappa shape index (κ3) is 8.87. The molecule has 0 bridgehead atoms. The second-order valence-electron chi connectivity index (χ2n) is 10.3. The summed E-state index contributed by atoms with van der Waals surface area (Å²) in [4.78, 5) is 29.7. The molecule has 236 valence electrons. The van der Waals surface area contributed by atoms with E-state index in [2.05, 4.69) is 21.2 Å². The number of halogens is 2. The molecule has 0 aliphatic rings. The molecule has 0 saturated carbocycles. The van der Waals surface area contributed by atoms with Gasteiger partial charge in [0.05, 0.1) is 17.7 Å². The molecule has 4 rings (SSSR count). The summed E-state index contributed by atoms with van der Waals surface area (Å²) in [7, 11) is -2.88. The van der Waals surface area contributed by atoms with Crippen molar-refractivity contribution in [3.63, 3.8) is 0 Å². The number of ether oxygens (including phenoxy) is 1. The molecular formula is C34H35BrClN3O5S. The van der Waals surface area contributed by atoms with Gasteiger partial charge in [-0.25, -0.2) is 8.42 Å². The normalized spacial score (nSPS) is 11.8. The average Bonchev–Trinajstić information content (AvgIpc) is 3.05. The van der Waals surface area contributed by atoms with E-state index in [0.29, 0.717) is 13.0 Å². The number of benzene rings is 4. The van der Waals surface area contributed by atoms with E-state index < -0.39 is 28.5 Å². The standard InChI is InChI=1S/C34H35BrClN3O5S/c1-3-20-37-34(41)31(21-25-10-6-4-7-11-25)38(23-26-14-16-27(35)17-15-26)33(40)24-39(30-22-28(36)18-19-32(30)44-2)45(42,43)29-12-8-5-9-13-29/h4-19,22,31H,3,20-21,23-24H2,1-2H3,(H,37,41). The zero-order valence-corrected chi connectivity index (χ0v) is 28.2. The first-order valence-electron chi connectivity index (χ1n) is 14.4. The van der Waals surface area contributed by atoms with Crippen LogP contribution in [0.25, 0.3) is 0 Å².